The largest absolute Gasteiger partial charge is 0.480 e. The van der Waals surface area contributed by atoms with E-state index in [9.17, 15) is 19.2 Å². The first-order chi connectivity index (χ1) is 13.7. The molecule has 3 unspecified atom stereocenters. The first-order valence-corrected chi connectivity index (χ1v) is 9.10. The van der Waals surface area contributed by atoms with E-state index in [4.69, 9.17) is 10.8 Å². The van der Waals surface area contributed by atoms with Crippen molar-refractivity contribution in [1.82, 2.24) is 20.9 Å². The summed E-state index contributed by atoms with van der Waals surface area (Å²) in [5.74, 6) is -2.93. The smallest absolute Gasteiger partial charge is 0.322 e. The van der Waals surface area contributed by atoms with Gasteiger partial charge in [0.1, 0.15) is 18.6 Å². The lowest BCUT2D eigenvalue weighted by atomic mass is 10.0. The number of para-hydroxylation sites is 1. The summed E-state index contributed by atoms with van der Waals surface area (Å²) in [6.07, 6.45) is 1.87. The number of hydrogen-bond acceptors (Lipinski definition) is 5. The molecule has 156 valence electrons. The Morgan fingerprint density at radius 2 is 1.76 bits per heavy atom. The van der Waals surface area contributed by atoms with Crippen LogP contribution in [0.4, 0.5) is 0 Å². The predicted molar refractivity (Wildman–Crippen MR) is 106 cm³/mol. The predicted octanol–water partition coefficient (Wildman–Crippen LogP) is -0.752. The molecule has 7 N–H and O–H groups in total. The minimum atomic E-state index is -1.20. The summed E-state index contributed by atoms with van der Waals surface area (Å²) in [5.41, 5.74) is 7.13. The molecular formula is C19H25N5O5. The number of carboxylic acids is 1. The molecule has 10 heteroatoms. The van der Waals surface area contributed by atoms with E-state index < -0.39 is 48.4 Å². The summed E-state index contributed by atoms with van der Waals surface area (Å²) in [6.45, 7) is 2.38. The Hall–Kier alpha value is -3.40. The molecule has 3 atom stereocenters. The lowest BCUT2D eigenvalue weighted by Crippen LogP contribution is -2.55. The molecular weight excluding hydrogens is 378 g/mol. The average molecular weight is 403 g/mol. The van der Waals surface area contributed by atoms with Crippen LogP contribution >= 0.6 is 0 Å². The number of nitrogens with one attached hydrogen (secondary N) is 4. The Morgan fingerprint density at radius 1 is 1.07 bits per heavy atom. The molecule has 0 aliphatic carbocycles. The Labute approximate surface area is 167 Å². The van der Waals surface area contributed by atoms with E-state index in [1.54, 1.807) is 6.20 Å². The molecule has 29 heavy (non-hydrogen) atoms. The number of carbonyl (C=O) groups is 4. The van der Waals surface area contributed by atoms with Gasteiger partial charge in [-0.2, -0.15) is 0 Å². The fourth-order valence-electron chi connectivity index (χ4n) is 2.72. The number of fused-ring (bicyclic) bond motifs is 1. The number of H-pyrrole nitrogens is 1. The van der Waals surface area contributed by atoms with Crippen LogP contribution in [0, 0.1) is 0 Å². The van der Waals surface area contributed by atoms with E-state index in [2.05, 4.69) is 20.9 Å². The van der Waals surface area contributed by atoms with Gasteiger partial charge in [0.2, 0.25) is 17.7 Å². The normalized spacial score (nSPS) is 13.9. The van der Waals surface area contributed by atoms with Gasteiger partial charge in [-0.1, -0.05) is 18.2 Å². The number of amides is 3. The van der Waals surface area contributed by atoms with Gasteiger partial charge in [0.25, 0.3) is 0 Å². The number of aliphatic carboxylic acids is 1. The summed E-state index contributed by atoms with van der Waals surface area (Å²) in [7, 11) is 0. The molecule has 0 spiro atoms. The molecule has 0 saturated carbocycles. The maximum atomic E-state index is 12.5. The van der Waals surface area contributed by atoms with E-state index in [0.29, 0.717) is 0 Å². The standard InChI is InChI=1S/C19H25N5O5/c1-10(20)17(27)23-11(2)18(28)24-15(19(29)22-9-16(25)26)7-12-8-21-14-6-4-3-5-13(12)14/h3-6,8,10-11,15,21H,7,9,20H2,1-2H3,(H,22,29)(H,23,27)(H,24,28)(H,25,26). The molecule has 1 aromatic heterocycles. The number of carboxylic acid groups (broad SMARTS) is 1. The molecule has 0 saturated heterocycles. The van der Waals surface area contributed by atoms with Gasteiger partial charge in [-0.05, 0) is 25.5 Å². The van der Waals surface area contributed by atoms with E-state index in [1.807, 2.05) is 24.3 Å². The topological polar surface area (TPSA) is 166 Å². The van der Waals surface area contributed by atoms with Crippen molar-refractivity contribution >= 4 is 34.6 Å². The van der Waals surface area contributed by atoms with Gasteiger partial charge in [0.15, 0.2) is 0 Å². The zero-order valence-electron chi connectivity index (χ0n) is 16.2. The second-order valence-electron chi connectivity index (χ2n) is 6.76. The van der Waals surface area contributed by atoms with Crippen LogP contribution < -0.4 is 21.7 Å². The molecule has 3 amide bonds. The number of nitrogens with two attached hydrogens (primary N) is 1. The third kappa shape index (κ3) is 6.04. The van der Waals surface area contributed by atoms with Crippen molar-refractivity contribution in [2.24, 2.45) is 5.73 Å². The van der Waals surface area contributed by atoms with Crippen molar-refractivity contribution in [2.45, 2.75) is 38.4 Å². The van der Waals surface area contributed by atoms with Gasteiger partial charge in [-0.3, -0.25) is 19.2 Å². The molecule has 0 aliphatic heterocycles. The molecule has 0 radical (unpaired) electrons. The molecule has 2 rings (SSSR count). The van der Waals surface area contributed by atoms with Crippen LogP contribution in [0.1, 0.15) is 19.4 Å². The van der Waals surface area contributed by atoms with Gasteiger partial charge in [0, 0.05) is 23.5 Å². The van der Waals surface area contributed by atoms with Gasteiger partial charge in [-0.25, -0.2) is 0 Å². The molecule has 0 bridgehead atoms. The fraction of sp³-hybridized carbons (Fsp3) is 0.368. The fourth-order valence-corrected chi connectivity index (χ4v) is 2.72. The maximum absolute atomic E-state index is 12.5. The van der Waals surface area contributed by atoms with Crippen molar-refractivity contribution in [3.05, 3.63) is 36.0 Å². The van der Waals surface area contributed by atoms with Crippen LogP contribution in [0.3, 0.4) is 0 Å². The number of hydrogen-bond donors (Lipinski definition) is 6. The number of aromatic nitrogens is 1. The molecule has 1 heterocycles. The van der Waals surface area contributed by atoms with Crippen molar-refractivity contribution in [3.8, 4) is 0 Å². The minimum absolute atomic E-state index is 0.134. The van der Waals surface area contributed by atoms with E-state index in [-0.39, 0.29) is 6.42 Å². The third-order valence-electron chi connectivity index (χ3n) is 4.31. The quantitative estimate of drug-likeness (QED) is 0.322. The highest BCUT2D eigenvalue weighted by Crippen LogP contribution is 2.19. The lowest BCUT2D eigenvalue weighted by Gasteiger charge is -2.21. The number of aromatic amines is 1. The summed E-state index contributed by atoms with van der Waals surface area (Å²) >= 11 is 0. The van der Waals surface area contributed by atoms with E-state index in [0.717, 1.165) is 16.5 Å². The van der Waals surface area contributed by atoms with Crippen LogP contribution in [0.25, 0.3) is 10.9 Å². The third-order valence-corrected chi connectivity index (χ3v) is 4.31. The van der Waals surface area contributed by atoms with Gasteiger partial charge < -0.3 is 31.8 Å². The van der Waals surface area contributed by atoms with Gasteiger partial charge in [-0.15, -0.1) is 0 Å². The molecule has 0 fully saturated rings. The minimum Gasteiger partial charge on any atom is -0.480 e. The zero-order valence-corrected chi connectivity index (χ0v) is 16.2. The Morgan fingerprint density at radius 3 is 2.41 bits per heavy atom. The van der Waals surface area contributed by atoms with Crippen LogP contribution in [-0.4, -0.2) is 58.5 Å². The highest BCUT2D eigenvalue weighted by Gasteiger charge is 2.26. The van der Waals surface area contributed by atoms with Gasteiger partial charge in [0.05, 0.1) is 6.04 Å². The highest BCUT2D eigenvalue weighted by molar-refractivity contribution is 5.94. The van der Waals surface area contributed by atoms with Crippen molar-refractivity contribution in [2.75, 3.05) is 6.54 Å². The summed E-state index contributed by atoms with van der Waals surface area (Å²) < 4.78 is 0. The van der Waals surface area contributed by atoms with Crippen LogP contribution in [0.5, 0.6) is 0 Å². The lowest BCUT2D eigenvalue weighted by molar-refractivity contribution is -0.138. The SMILES string of the molecule is CC(N)C(=O)NC(C)C(=O)NC(Cc1c[nH]c2ccccc12)C(=O)NCC(=O)O. The molecule has 1 aromatic carbocycles. The van der Waals surface area contributed by atoms with Crippen molar-refractivity contribution in [1.29, 1.82) is 0 Å². The average Bonchev–Trinajstić information content (AvgIpc) is 3.08. The molecule has 2 aromatic rings. The monoisotopic (exact) mass is 403 g/mol. The zero-order chi connectivity index (χ0) is 21.6. The van der Waals surface area contributed by atoms with Crippen LogP contribution in [0.15, 0.2) is 30.5 Å². The van der Waals surface area contributed by atoms with Crippen molar-refractivity contribution < 1.29 is 24.3 Å². The summed E-state index contributed by atoms with van der Waals surface area (Å²) in [6, 6.07) is 4.73. The van der Waals surface area contributed by atoms with Crippen LogP contribution in [0.2, 0.25) is 0 Å². The van der Waals surface area contributed by atoms with Crippen molar-refractivity contribution in [3.63, 3.8) is 0 Å². The summed E-state index contributed by atoms with van der Waals surface area (Å²) in [5, 5.41) is 17.0. The highest BCUT2D eigenvalue weighted by atomic mass is 16.4. The van der Waals surface area contributed by atoms with Gasteiger partial charge >= 0.3 is 5.97 Å². The second-order valence-corrected chi connectivity index (χ2v) is 6.76. The molecule has 10 nitrogen and oxygen atoms in total. The van der Waals surface area contributed by atoms with Crippen LogP contribution in [-0.2, 0) is 25.6 Å². The maximum Gasteiger partial charge on any atom is 0.322 e. The first kappa shape index (κ1) is 21.9. The Bertz CT molecular complexity index is 907. The number of carbonyl (C=O) groups excluding carboxylic acids is 3. The molecule has 0 aliphatic rings. The number of rotatable bonds is 9. The Balaban J connectivity index is 2.16. The van der Waals surface area contributed by atoms with E-state index in [1.165, 1.54) is 13.8 Å². The Kier molecular flexibility index (Phi) is 7.32. The summed E-state index contributed by atoms with van der Waals surface area (Å²) in [4.78, 5) is 50.5. The van der Waals surface area contributed by atoms with E-state index >= 15 is 0 Å². The first-order valence-electron chi connectivity index (χ1n) is 9.10. The number of benzene rings is 1. The second kappa shape index (κ2) is 9.69.